The lowest BCUT2D eigenvalue weighted by molar-refractivity contribution is 0.108. The zero-order valence-corrected chi connectivity index (χ0v) is 18.3. The van der Waals surface area contributed by atoms with Gasteiger partial charge in [-0.05, 0) is 70.5 Å². The molecule has 7 nitrogen and oxygen atoms in total. The van der Waals surface area contributed by atoms with Crippen LogP contribution in [-0.2, 0) is 6.42 Å². The summed E-state index contributed by atoms with van der Waals surface area (Å²) in [6.07, 6.45) is 11.2. The molecule has 1 fully saturated rings. The highest BCUT2D eigenvalue weighted by molar-refractivity contribution is 7.19. The molecule has 3 aromatic heterocycles. The highest BCUT2D eigenvalue weighted by Crippen LogP contribution is 2.48. The van der Waals surface area contributed by atoms with E-state index < -0.39 is 6.10 Å². The Labute approximate surface area is 180 Å². The molecule has 0 aromatic carbocycles. The van der Waals surface area contributed by atoms with Gasteiger partial charge in [-0.15, -0.1) is 11.3 Å². The van der Waals surface area contributed by atoms with Crippen molar-refractivity contribution in [2.75, 3.05) is 14.1 Å². The van der Waals surface area contributed by atoms with Gasteiger partial charge in [0, 0.05) is 10.9 Å². The van der Waals surface area contributed by atoms with Crippen molar-refractivity contribution in [2.45, 2.75) is 69.1 Å². The summed E-state index contributed by atoms with van der Waals surface area (Å²) in [5.74, 6) is 1.32. The van der Waals surface area contributed by atoms with Crippen molar-refractivity contribution in [3.8, 4) is 5.88 Å². The quantitative estimate of drug-likeness (QED) is 0.633. The average Bonchev–Trinajstić information content (AvgIpc) is 3.46. The number of aryl methyl sites for hydroxylation is 1. The number of aliphatic hydroxyl groups is 1. The molecule has 2 atom stereocenters. The van der Waals surface area contributed by atoms with Gasteiger partial charge in [0.25, 0.3) is 0 Å². The number of ether oxygens (including phenoxy) is 1. The van der Waals surface area contributed by atoms with E-state index in [-0.39, 0.29) is 12.0 Å². The minimum atomic E-state index is -0.707. The first-order chi connectivity index (χ1) is 14.6. The molecule has 8 heteroatoms. The largest absolute Gasteiger partial charge is 0.474 e. The van der Waals surface area contributed by atoms with Crippen LogP contribution in [0.1, 0.15) is 66.9 Å². The highest BCUT2D eigenvalue weighted by atomic mass is 32.1. The van der Waals surface area contributed by atoms with E-state index in [9.17, 15) is 5.11 Å². The van der Waals surface area contributed by atoms with Gasteiger partial charge >= 0.3 is 0 Å². The van der Waals surface area contributed by atoms with Gasteiger partial charge in [0.1, 0.15) is 29.6 Å². The van der Waals surface area contributed by atoms with Gasteiger partial charge in [-0.2, -0.15) is 0 Å². The molecule has 0 aliphatic heterocycles. The minimum Gasteiger partial charge on any atom is -0.474 e. The van der Waals surface area contributed by atoms with E-state index in [1.807, 2.05) is 0 Å². The number of aromatic nitrogens is 3. The smallest absolute Gasteiger partial charge is 0.225 e. The van der Waals surface area contributed by atoms with Crippen LogP contribution in [0, 0.1) is 0 Å². The fourth-order valence-corrected chi connectivity index (χ4v) is 6.20. The lowest BCUT2D eigenvalue weighted by atomic mass is 9.92. The van der Waals surface area contributed by atoms with E-state index in [1.54, 1.807) is 23.9 Å². The molecule has 1 saturated carbocycles. The Kier molecular flexibility index (Phi) is 5.47. The van der Waals surface area contributed by atoms with E-state index >= 15 is 0 Å². The second kappa shape index (κ2) is 8.24. The predicted octanol–water partition coefficient (Wildman–Crippen LogP) is 4.08. The second-order valence-electron chi connectivity index (χ2n) is 8.67. The molecule has 0 amide bonds. The minimum absolute atomic E-state index is 0.201. The van der Waals surface area contributed by atoms with E-state index in [0.717, 1.165) is 48.7 Å². The van der Waals surface area contributed by atoms with E-state index in [1.165, 1.54) is 16.7 Å². The molecule has 1 N–H and O–H groups in total. The average molecular weight is 429 g/mol. The summed E-state index contributed by atoms with van der Waals surface area (Å²) in [6.45, 7) is 0. The highest BCUT2D eigenvalue weighted by Gasteiger charge is 2.33. The van der Waals surface area contributed by atoms with Crippen LogP contribution < -0.4 is 4.74 Å². The molecule has 2 unspecified atom stereocenters. The lowest BCUT2D eigenvalue weighted by Crippen LogP contribution is -2.35. The number of fused-ring (bicyclic) bond motifs is 3. The fourth-order valence-electron chi connectivity index (χ4n) is 4.97. The van der Waals surface area contributed by atoms with Gasteiger partial charge in [0.2, 0.25) is 11.8 Å². The molecule has 3 aromatic rings. The van der Waals surface area contributed by atoms with Crippen LogP contribution >= 0.6 is 11.3 Å². The number of nitrogens with zero attached hydrogens (tertiary/aromatic N) is 4. The molecule has 0 bridgehead atoms. The number of hydrogen-bond donors (Lipinski definition) is 1. The molecule has 160 valence electrons. The van der Waals surface area contributed by atoms with E-state index in [0.29, 0.717) is 24.2 Å². The number of oxazole rings is 1. The third-order valence-electron chi connectivity index (χ3n) is 6.59. The number of hydrogen-bond acceptors (Lipinski definition) is 8. The van der Waals surface area contributed by atoms with Gasteiger partial charge in [0.15, 0.2) is 0 Å². The summed E-state index contributed by atoms with van der Waals surface area (Å²) < 4.78 is 11.8. The lowest BCUT2D eigenvalue weighted by Gasteiger charge is -2.32. The van der Waals surface area contributed by atoms with E-state index in [2.05, 4.69) is 33.9 Å². The van der Waals surface area contributed by atoms with Crippen molar-refractivity contribution in [1.82, 2.24) is 19.9 Å². The van der Waals surface area contributed by atoms with Crippen LogP contribution in [0.25, 0.3) is 10.2 Å². The Balaban J connectivity index is 1.39. The first kappa shape index (κ1) is 19.9. The van der Waals surface area contributed by atoms with Crippen LogP contribution in [0.4, 0.5) is 0 Å². The van der Waals surface area contributed by atoms with Crippen LogP contribution in [-0.4, -0.2) is 51.2 Å². The Hall–Kier alpha value is -2.03. The predicted molar refractivity (Wildman–Crippen MR) is 115 cm³/mol. The molecule has 5 rings (SSSR count). The maximum atomic E-state index is 10.6. The van der Waals surface area contributed by atoms with Crippen molar-refractivity contribution >= 4 is 21.6 Å². The summed E-state index contributed by atoms with van der Waals surface area (Å²) in [5.41, 5.74) is 1.26. The zero-order chi connectivity index (χ0) is 20.7. The molecular weight excluding hydrogens is 400 g/mol. The third kappa shape index (κ3) is 3.72. The molecule has 30 heavy (non-hydrogen) atoms. The van der Waals surface area contributed by atoms with Crippen LogP contribution in [0.2, 0.25) is 0 Å². The monoisotopic (exact) mass is 428 g/mol. The molecule has 3 heterocycles. The van der Waals surface area contributed by atoms with Gasteiger partial charge in [0.05, 0.1) is 11.6 Å². The van der Waals surface area contributed by atoms with Gasteiger partial charge in [-0.25, -0.2) is 15.0 Å². The first-order valence-electron chi connectivity index (χ1n) is 10.8. The SMILES string of the molecule is CN(C)C1CCC(Oc2ncnc3sc4c(c23)C(CC(O)c2ncco2)CC4)CC1. The van der Waals surface area contributed by atoms with E-state index in [4.69, 9.17) is 9.15 Å². The van der Waals surface area contributed by atoms with Crippen LogP contribution in [0.5, 0.6) is 5.88 Å². The Morgan fingerprint density at radius 2 is 2.03 bits per heavy atom. The standard InChI is InChI=1S/C22H28N4O3S/c1-26(2)14-4-6-15(7-5-14)29-21-19-18-13(11-16(27)20-23-9-10-28-20)3-8-17(18)30-22(19)25-12-24-21/h9-10,12-16,27H,3-8,11H2,1-2H3. The Morgan fingerprint density at radius 1 is 1.20 bits per heavy atom. The summed E-state index contributed by atoms with van der Waals surface area (Å²) >= 11 is 1.74. The zero-order valence-electron chi connectivity index (χ0n) is 17.5. The fraction of sp³-hybridized carbons (Fsp3) is 0.591. The number of thiophene rings is 1. The summed E-state index contributed by atoms with van der Waals surface area (Å²) in [5, 5.41) is 11.6. The van der Waals surface area contributed by atoms with Crippen molar-refractivity contribution in [3.05, 3.63) is 35.1 Å². The first-order valence-corrected chi connectivity index (χ1v) is 11.6. The summed E-state index contributed by atoms with van der Waals surface area (Å²) in [7, 11) is 4.31. The van der Waals surface area contributed by atoms with Crippen LogP contribution in [0.3, 0.4) is 0 Å². The van der Waals surface area contributed by atoms with Crippen LogP contribution in [0.15, 0.2) is 23.2 Å². The summed E-state index contributed by atoms with van der Waals surface area (Å²) in [4.78, 5) is 17.8. The van der Waals surface area contributed by atoms with Gasteiger partial charge in [-0.3, -0.25) is 0 Å². The molecule has 0 saturated heterocycles. The molecule has 2 aliphatic carbocycles. The van der Waals surface area contributed by atoms with Gasteiger partial charge < -0.3 is 19.2 Å². The van der Waals surface area contributed by atoms with Crippen molar-refractivity contribution in [1.29, 1.82) is 0 Å². The Bertz CT molecular complexity index is 995. The molecular formula is C22H28N4O3S. The molecule has 0 radical (unpaired) electrons. The number of aliphatic hydroxyl groups excluding tert-OH is 1. The number of rotatable bonds is 6. The van der Waals surface area contributed by atoms with Crippen molar-refractivity contribution < 1.29 is 14.3 Å². The molecule has 0 spiro atoms. The van der Waals surface area contributed by atoms with Gasteiger partial charge in [-0.1, -0.05) is 0 Å². The normalized spacial score (nSPS) is 25.0. The Morgan fingerprint density at radius 3 is 2.77 bits per heavy atom. The second-order valence-corrected chi connectivity index (χ2v) is 9.75. The maximum Gasteiger partial charge on any atom is 0.225 e. The third-order valence-corrected chi connectivity index (χ3v) is 7.77. The maximum absolute atomic E-state index is 10.6. The summed E-state index contributed by atoms with van der Waals surface area (Å²) in [6, 6.07) is 0.641. The molecule has 2 aliphatic rings. The van der Waals surface area contributed by atoms with Crippen molar-refractivity contribution in [2.24, 2.45) is 0 Å². The van der Waals surface area contributed by atoms with Crippen molar-refractivity contribution in [3.63, 3.8) is 0 Å². The topological polar surface area (TPSA) is 84.5 Å².